The van der Waals surface area contributed by atoms with E-state index in [2.05, 4.69) is 24.1 Å². The van der Waals surface area contributed by atoms with Crippen molar-refractivity contribution in [3.05, 3.63) is 0 Å². The third-order valence-corrected chi connectivity index (χ3v) is 4.87. The summed E-state index contributed by atoms with van der Waals surface area (Å²) in [5.74, 6) is 0.951. The minimum absolute atomic E-state index is 0.685. The van der Waals surface area contributed by atoms with Crippen LogP contribution in [-0.2, 0) is 0 Å². The van der Waals surface area contributed by atoms with Crippen molar-refractivity contribution in [2.24, 2.45) is 11.3 Å². The molecule has 16 heavy (non-hydrogen) atoms. The number of hydrogen-bond acceptors (Lipinski definition) is 2. The van der Waals surface area contributed by atoms with Crippen molar-refractivity contribution in [3.8, 4) is 0 Å². The number of piperidine rings is 1. The van der Waals surface area contributed by atoms with E-state index in [1.807, 2.05) is 0 Å². The van der Waals surface area contributed by atoms with Crippen LogP contribution in [-0.4, -0.2) is 37.6 Å². The normalized spacial score (nSPS) is 30.0. The highest BCUT2D eigenvalue weighted by molar-refractivity contribution is 4.93. The predicted molar refractivity (Wildman–Crippen MR) is 69.7 cm³/mol. The van der Waals surface area contributed by atoms with Gasteiger partial charge in [-0.3, -0.25) is 0 Å². The van der Waals surface area contributed by atoms with Gasteiger partial charge in [0, 0.05) is 13.1 Å². The Morgan fingerprint density at radius 1 is 1.25 bits per heavy atom. The van der Waals surface area contributed by atoms with Gasteiger partial charge in [-0.25, -0.2) is 0 Å². The highest BCUT2D eigenvalue weighted by Gasteiger charge is 2.39. The fourth-order valence-corrected chi connectivity index (χ4v) is 3.29. The molecule has 0 saturated carbocycles. The molecule has 2 aliphatic rings. The highest BCUT2D eigenvalue weighted by Crippen LogP contribution is 2.37. The Kier molecular flexibility index (Phi) is 4.26. The van der Waals surface area contributed by atoms with E-state index >= 15 is 0 Å². The molecule has 94 valence electrons. The number of rotatable bonds is 5. The lowest BCUT2D eigenvalue weighted by molar-refractivity contribution is -0.00962. The van der Waals surface area contributed by atoms with Gasteiger partial charge >= 0.3 is 0 Å². The summed E-state index contributed by atoms with van der Waals surface area (Å²) in [5, 5.41) is 3.51. The van der Waals surface area contributed by atoms with Crippen LogP contribution in [0.4, 0.5) is 0 Å². The fraction of sp³-hybridized carbons (Fsp3) is 1.00. The van der Waals surface area contributed by atoms with Gasteiger partial charge in [0.25, 0.3) is 0 Å². The maximum Gasteiger partial charge on any atom is 0.00503 e. The second kappa shape index (κ2) is 5.50. The van der Waals surface area contributed by atoms with Crippen LogP contribution in [0.2, 0.25) is 0 Å². The summed E-state index contributed by atoms with van der Waals surface area (Å²) in [6.45, 7) is 11.3. The molecule has 2 fully saturated rings. The molecule has 1 N–H and O–H groups in total. The smallest absolute Gasteiger partial charge is 0.00503 e. The van der Waals surface area contributed by atoms with E-state index in [0.29, 0.717) is 5.41 Å². The quantitative estimate of drug-likeness (QED) is 0.772. The van der Waals surface area contributed by atoms with E-state index in [4.69, 9.17) is 0 Å². The molecule has 2 saturated heterocycles. The standard InChI is InChI=1S/C14H28N2/c1-3-14(4-2)11-16(12-14)9-7-13-6-5-8-15-10-13/h13,15H,3-12H2,1-2H3. The maximum absolute atomic E-state index is 3.51. The fourth-order valence-electron chi connectivity index (χ4n) is 3.29. The number of hydrogen-bond donors (Lipinski definition) is 1. The molecule has 2 aliphatic heterocycles. The molecule has 0 aromatic rings. The maximum atomic E-state index is 3.51. The van der Waals surface area contributed by atoms with E-state index in [0.717, 1.165) is 5.92 Å². The summed E-state index contributed by atoms with van der Waals surface area (Å²) in [6, 6.07) is 0. The lowest BCUT2D eigenvalue weighted by atomic mass is 9.75. The van der Waals surface area contributed by atoms with Gasteiger partial charge in [0.1, 0.15) is 0 Å². The second-order valence-corrected chi connectivity index (χ2v) is 5.92. The molecule has 0 aromatic heterocycles. The van der Waals surface area contributed by atoms with Gasteiger partial charge in [-0.15, -0.1) is 0 Å². The first-order chi connectivity index (χ1) is 7.78. The van der Waals surface area contributed by atoms with Crippen molar-refractivity contribution in [3.63, 3.8) is 0 Å². The Balaban J connectivity index is 1.62. The molecule has 0 spiro atoms. The predicted octanol–water partition coefficient (Wildman–Crippen LogP) is 2.50. The van der Waals surface area contributed by atoms with Crippen LogP contribution in [0.5, 0.6) is 0 Å². The molecule has 0 aromatic carbocycles. The van der Waals surface area contributed by atoms with E-state index in [1.165, 1.54) is 64.8 Å². The van der Waals surface area contributed by atoms with Crippen LogP contribution in [0.3, 0.4) is 0 Å². The third kappa shape index (κ3) is 2.78. The van der Waals surface area contributed by atoms with Crippen LogP contribution in [0.15, 0.2) is 0 Å². The molecule has 0 bridgehead atoms. The summed E-state index contributed by atoms with van der Waals surface area (Å²) in [7, 11) is 0. The topological polar surface area (TPSA) is 15.3 Å². The zero-order valence-corrected chi connectivity index (χ0v) is 11.1. The minimum atomic E-state index is 0.685. The molecule has 1 atom stereocenters. The Morgan fingerprint density at radius 3 is 2.56 bits per heavy atom. The monoisotopic (exact) mass is 224 g/mol. The number of nitrogens with one attached hydrogen (secondary N) is 1. The van der Waals surface area contributed by atoms with Crippen LogP contribution >= 0.6 is 0 Å². The van der Waals surface area contributed by atoms with Crippen molar-refractivity contribution in [2.45, 2.75) is 46.0 Å². The average Bonchev–Trinajstić information content (AvgIpc) is 2.30. The minimum Gasteiger partial charge on any atom is -0.316 e. The summed E-state index contributed by atoms with van der Waals surface area (Å²) < 4.78 is 0. The summed E-state index contributed by atoms with van der Waals surface area (Å²) in [5.41, 5.74) is 0.685. The first-order valence-corrected chi connectivity index (χ1v) is 7.21. The Labute approximate surface area is 101 Å². The number of nitrogens with zero attached hydrogens (tertiary/aromatic N) is 1. The van der Waals surface area contributed by atoms with Gasteiger partial charge in [-0.1, -0.05) is 13.8 Å². The zero-order chi connectivity index (χ0) is 11.4. The molecule has 2 rings (SSSR count). The van der Waals surface area contributed by atoms with E-state index in [-0.39, 0.29) is 0 Å². The molecular formula is C14H28N2. The Hall–Kier alpha value is -0.0800. The second-order valence-electron chi connectivity index (χ2n) is 5.92. The van der Waals surface area contributed by atoms with E-state index in [9.17, 15) is 0 Å². The van der Waals surface area contributed by atoms with Crippen LogP contribution in [0.1, 0.15) is 46.0 Å². The van der Waals surface area contributed by atoms with Crippen LogP contribution < -0.4 is 5.32 Å². The average molecular weight is 224 g/mol. The molecule has 2 heterocycles. The van der Waals surface area contributed by atoms with Crippen molar-refractivity contribution in [1.82, 2.24) is 10.2 Å². The third-order valence-electron chi connectivity index (χ3n) is 4.87. The van der Waals surface area contributed by atoms with Gasteiger partial charge in [-0.2, -0.15) is 0 Å². The Morgan fingerprint density at radius 2 is 2.00 bits per heavy atom. The van der Waals surface area contributed by atoms with Gasteiger partial charge in [-0.05, 0) is 63.1 Å². The lowest BCUT2D eigenvalue weighted by Crippen LogP contribution is -2.56. The van der Waals surface area contributed by atoms with Gasteiger partial charge < -0.3 is 10.2 Å². The molecule has 1 unspecified atom stereocenters. The molecule has 0 amide bonds. The first-order valence-electron chi connectivity index (χ1n) is 7.21. The SMILES string of the molecule is CCC1(CC)CN(CCC2CCCNC2)C1. The number of likely N-dealkylation sites (tertiary alicyclic amines) is 1. The van der Waals surface area contributed by atoms with Gasteiger partial charge in [0.05, 0.1) is 0 Å². The molecule has 2 heteroatoms. The lowest BCUT2D eigenvalue weighted by Gasteiger charge is -2.50. The van der Waals surface area contributed by atoms with Crippen LogP contribution in [0.25, 0.3) is 0 Å². The highest BCUT2D eigenvalue weighted by atomic mass is 15.2. The largest absolute Gasteiger partial charge is 0.316 e. The van der Waals surface area contributed by atoms with Gasteiger partial charge in [0.2, 0.25) is 0 Å². The molecular weight excluding hydrogens is 196 g/mol. The molecule has 2 nitrogen and oxygen atoms in total. The van der Waals surface area contributed by atoms with Crippen LogP contribution in [0, 0.1) is 11.3 Å². The first kappa shape index (κ1) is 12.4. The van der Waals surface area contributed by atoms with E-state index in [1.54, 1.807) is 0 Å². The van der Waals surface area contributed by atoms with Crippen molar-refractivity contribution >= 4 is 0 Å². The van der Waals surface area contributed by atoms with Crippen molar-refractivity contribution in [1.29, 1.82) is 0 Å². The zero-order valence-electron chi connectivity index (χ0n) is 11.1. The summed E-state index contributed by atoms with van der Waals surface area (Å²) >= 11 is 0. The van der Waals surface area contributed by atoms with Crippen molar-refractivity contribution < 1.29 is 0 Å². The molecule has 0 aliphatic carbocycles. The summed E-state index contributed by atoms with van der Waals surface area (Å²) in [6.07, 6.45) is 6.98. The van der Waals surface area contributed by atoms with Crippen molar-refractivity contribution in [2.75, 3.05) is 32.7 Å². The molecule has 0 radical (unpaired) electrons. The van der Waals surface area contributed by atoms with E-state index < -0.39 is 0 Å². The Bertz CT molecular complexity index is 197. The summed E-state index contributed by atoms with van der Waals surface area (Å²) in [4.78, 5) is 2.67. The van der Waals surface area contributed by atoms with Gasteiger partial charge in [0.15, 0.2) is 0 Å².